The lowest BCUT2D eigenvalue weighted by Crippen LogP contribution is -1.80. The van der Waals surface area contributed by atoms with Crippen molar-refractivity contribution < 1.29 is 13.2 Å². The van der Waals surface area contributed by atoms with Crippen LogP contribution >= 0.6 is 11.3 Å². The lowest BCUT2D eigenvalue weighted by Gasteiger charge is -1.89. The number of hydrogen-bond acceptors (Lipinski definition) is 2. The van der Waals surface area contributed by atoms with Crippen LogP contribution in [0.5, 0.6) is 0 Å². The van der Waals surface area contributed by atoms with Crippen molar-refractivity contribution in [2.45, 2.75) is 0 Å². The van der Waals surface area contributed by atoms with Crippen LogP contribution in [0, 0.1) is 16.9 Å². The Balaban J connectivity index is 2.88. The molecule has 12 heavy (non-hydrogen) atoms. The Labute approximate surface area is 69.5 Å². The van der Waals surface area contributed by atoms with Crippen LogP contribution in [0.2, 0.25) is 0 Å². The maximum Gasteiger partial charge on any atom is 0.270 e. The zero-order valence-corrected chi connectivity index (χ0v) is 6.46. The van der Waals surface area contributed by atoms with Gasteiger partial charge >= 0.3 is 0 Å². The molecule has 1 nitrogen and oxygen atoms in total. The molecular weight excluding hydrogens is 187 g/mol. The molecule has 1 heterocycles. The molecule has 1 aromatic carbocycles. The minimum absolute atomic E-state index is 0.112. The van der Waals surface area contributed by atoms with Crippen LogP contribution in [-0.4, -0.2) is 4.98 Å². The predicted octanol–water partition coefficient (Wildman–Crippen LogP) is 2.71. The quantitative estimate of drug-likeness (QED) is 0.620. The summed E-state index contributed by atoms with van der Waals surface area (Å²) in [6.07, 6.45) is 0. The van der Waals surface area contributed by atoms with Crippen LogP contribution < -0.4 is 0 Å². The van der Waals surface area contributed by atoms with Crippen LogP contribution in [0.25, 0.3) is 10.2 Å². The number of fused-ring (bicyclic) bond motifs is 1. The zero-order chi connectivity index (χ0) is 8.72. The average Bonchev–Trinajstić information content (AvgIpc) is 2.29. The molecule has 0 N–H and O–H groups in total. The van der Waals surface area contributed by atoms with Gasteiger partial charge in [0.05, 0.1) is 4.70 Å². The molecule has 0 aliphatic heterocycles. The smallest absolute Gasteiger partial charge is 0.207 e. The van der Waals surface area contributed by atoms with E-state index in [-0.39, 0.29) is 10.2 Å². The van der Waals surface area contributed by atoms with Crippen molar-refractivity contribution in [3.63, 3.8) is 0 Å². The second kappa shape index (κ2) is 2.45. The van der Waals surface area contributed by atoms with E-state index < -0.39 is 16.9 Å². The zero-order valence-electron chi connectivity index (χ0n) is 5.64. The van der Waals surface area contributed by atoms with Crippen LogP contribution in [0.3, 0.4) is 0 Å². The summed E-state index contributed by atoms with van der Waals surface area (Å²) in [5.74, 6) is -1.55. The summed E-state index contributed by atoms with van der Waals surface area (Å²) in [5.41, 5.74) is -0.112. The molecule has 2 rings (SSSR count). The molecule has 0 fully saturated rings. The van der Waals surface area contributed by atoms with Gasteiger partial charge in [0.15, 0.2) is 5.82 Å². The Kier molecular flexibility index (Phi) is 1.54. The van der Waals surface area contributed by atoms with Crippen LogP contribution in [0.4, 0.5) is 13.2 Å². The molecule has 0 unspecified atom stereocenters. The highest BCUT2D eigenvalue weighted by molar-refractivity contribution is 7.17. The van der Waals surface area contributed by atoms with Crippen molar-refractivity contribution in [1.82, 2.24) is 4.98 Å². The van der Waals surface area contributed by atoms with Gasteiger partial charge < -0.3 is 0 Å². The van der Waals surface area contributed by atoms with Crippen LogP contribution in [-0.2, 0) is 0 Å². The summed E-state index contributed by atoms with van der Waals surface area (Å²) in [6, 6.07) is 1.74. The minimum atomic E-state index is -0.829. The van der Waals surface area contributed by atoms with Gasteiger partial charge in [-0.1, -0.05) is 11.3 Å². The van der Waals surface area contributed by atoms with E-state index in [1.807, 2.05) is 0 Å². The Morgan fingerprint density at radius 2 is 1.92 bits per heavy atom. The molecule has 0 spiro atoms. The molecule has 0 aliphatic carbocycles. The van der Waals surface area contributed by atoms with Crippen molar-refractivity contribution in [2.24, 2.45) is 0 Å². The highest BCUT2D eigenvalue weighted by atomic mass is 32.1. The Hall–Kier alpha value is -1.10. The van der Waals surface area contributed by atoms with Gasteiger partial charge in [0.2, 0.25) is 0 Å². The van der Waals surface area contributed by atoms with Gasteiger partial charge in [-0.25, -0.2) is 13.8 Å². The number of hydrogen-bond donors (Lipinski definition) is 0. The molecule has 5 heteroatoms. The second-order valence-corrected chi connectivity index (χ2v) is 3.18. The van der Waals surface area contributed by atoms with Crippen molar-refractivity contribution in [3.05, 3.63) is 29.0 Å². The standard InChI is InChI=1S/C7H2F3NS/c8-3-1-4(9)6-5(2-3)12-7(10)11-6/h1-2H. The third-order valence-corrected chi connectivity index (χ3v) is 2.18. The van der Waals surface area contributed by atoms with E-state index in [1.54, 1.807) is 0 Å². The van der Waals surface area contributed by atoms with Gasteiger partial charge in [0.25, 0.3) is 5.26 Å². The fourth-order valence-corrected chi connectivity index (χ4v) is 1.66. The van der Waals surface area contributed by atoms with Crippen LogP contribution in [0.15, 0.2) is 12.1 Å². The first-order chi connectivity index (χ1) is 5.66. The van der Waals surface area contributed by atoms with E-state index in [0.29, 0.717) is 17.4 Å². The van der Waals surface area contributed by atoms with Crippen molar-refractivity contribution in [2.75, 3.05) is 0 Å². The van der Waals surface area contributed by atoms with E-state index >= 15 is 0 Å². The Morgan fingerprint density at radius 1 is 1.17 bits per heavy atom. The summed E-state index contributed by atoms with van der Waals surface area (Å²) in [5, 5.41) is -0.755. The lowest BCUT2D eigenvalue weighted by atomic mass is 10.3. The monoisotopic (exact) mass is 189 g/mol. The lowest BCUT2D eigenvalue weighted by molar-refractivity contribution is 0.586. The molecular formula is C7H2F3NS. The molecule has 2 aromatic rings. The molecule has 1 aromatic heterocycles. The SMILES string of the molecule is Fc1cc(F)c2nc(F)sc2c1. The van der Waals surface area contributed by atoms with Gasteiger partial charge in [-0.3, -0.25) is 0 Å². The Morgan fingerprint density at radius 3 is 2.67 bits per heavy atom. The van der Waals surface area contributed by atoms with E-state index in [2.05, 4.69) is 4.98 Å². The van der Waals surface area contributed by atoms with E-state index in [0.717, 1.165) is 6.07 Å². The van der Waals surface area contributed by atoms with Crippen molar-refractivity contribution in [1.29, 1.82) is 0 Å². The number of halogens is 3. The van der Waals surface area contributed by atoms with Gasteiger partial charge in [0.1, 0.15) is 11.3 Å². The van der Waals surface area contributed by atoms with E-state index in [4.69, 9.17) is 0 Å². The number of benzene rings is 1. The fourth-order valence-electron chi connectivity index (χ4n) is 0.930. The maximum atomic E-state index is 12.8. The van der Waals surface area contributed by atoms with Gasteiger partial charge in [0, 0.05) is 6.07 Å². The fraction of sp³-hybridized carbons (Fsp3) is 0. The average molecular weight is 189 g/mol. The summed E-state index contributed by atoms with van der Waals surface area (Å²) >= 11 is 0.623. The molecule has 0 radical (unpaired) electrons. The largest absolute Gasteiger partial charge is 0.270 e. The molecule has 0 saturated heterocycles. The molecule has 0 amide bonds. The number of rotatable bonds is 0. The topological polar surface area (TPSA) is 12.9 Å². The van der Waals surface area contributed by atoms with E-state index in [9.17, 15) is 13.2 Å². The number of aromatic nitrogens is 1. The van der Waals surface area contributed by atoms with E-state index in [1.165, 1.54) is 0 Å². The molecule has 0 aliphatic rings. The highest BCUT2D eigenvalue weighted by Crippen LogP contribution is 2.24. The third kappa shape index (κ3) is 1.06. The molecule has 0 atom stereocenters. The van der Waals surface area contributed by atoms with Crippen LogP contribution in [0.1, 0.15) is 0 Å². The number of thiazole rings is 1. The van der Waals surface area contributed by atoms with Gasteiger partial charge in [-0.15, -0.1) is 0 Å². The highest BCUT2D eigenvalue weighted by Gasteiger charge is 2.09. The molecule has 0 saturated carbocycles. The summed E-state index contributed by atoms with van der Waals surface area (Å²) in [4.78, 5) is 3.26. The molecule has 62 valence electrons. The normalized spacial score (nSPS) is 10.9. The van der Waals surface area contributed by atoms with Gasteiger partial charge in [-0.05, 0) is 6.07 Å². The maximum absolute atomic E-state index is 12.8. The first kappa shape index (κ1) is 7.54. The second-order valence-electron chi connectivity index (χ2n) is 2.20. The Bertz CT molecular complexity index is 437. The summed E-state index contributed by atoms with van der Waals surface area (Å²) < 4.78 is 38.0. The first-order valence-electron chi connectivity index (χ1n) is 3.08. The number of nitrogens with zero attached hydrogens (tertiary/aromatic N) is 1. The first-order valence-corrected chi connectivity index (χ1v) is 3.89. The minimum Gasteiger partial charge on any atom is -0.207 e. The van der Waals surface area contributed by atoms with Crippen molar-refractivity contribution in [3.8, 4) is 0 Å². The van der Waals surface area contributed by atoms with Crippen molar-refractivity contribution >= 4 is 21.6 Å². The predicted molar refractivity (Wildman–Crippen MR) is 39.5 cm³/mol. The van der Waals surface area contributed by atoms with Gasteiger partial charge in [-0.2, -0.15) is 4.39 Å². The molecule has 0 bridgehead atoms. The summed E-state index contributed by atoms with van der Waals surface area (Å²) in [6.45, 7) is 0. The summed E-state index contributed by atoms with van der Waals surface area (Å²) in [7, 11) is 0. The third-order valence-electron chi connectivity index (χ3n) is 1.39.